The van der Waals surface area contributed by atoms with Gasteiger partial charge in [0.2, 0.25) is 0 Å². The van der Waals surface area contributed by atoms with Crippen molar-refractivity contribution in [3.05, 3.63) is 24.3 Å². The van der Waals surface area contributed by atoms with Crippen LogP contribution >= 0.6 is 0 Å². The molecule has 1 aromatic heterocycles. The number of fused-ring (bicyclic) bond motifs is 1. The summed E-state index contributed by atoms with van der Waals surface area (Å²) in [5.74, 6) is 1.92. The molecule has 0 aromatic carbocycles. The highest BCUT2D eigenvalue weighted by Crippen LogP contribution is 2.55. The smallest absolute Gasteiger partial charge is 0.0756 e. The van der Waals surface area contributed by atoms with Crippen LogP contribution in [0, 0.1) is 17.8 Å². The summed E-state index contributed by atoms with van der Waals surface area (Å²) >= 11 is 0. The zero-order valence-corrected chi connectivity index (χ0v) is 7.84. The maximum absolute atomic E-state index is 6.13. The Morgan fingerprint density at radius 2 is 2.14 bits per heavy atom. The maximum atomic E-state index is 6.13. The van der Waals surface area contributed by atoms with Gasteiger partial charge in [-0.3, -0.25) is 9.97 Å². The van der Waals surface area contributed by atoms with Gasteiger partial charge in [-0.05, 0) is 17.8 Å². The number of hydrogen-bond donors (Lipinski definition) is 1. The third kappa shape index (κ3) is 1.14. The predicted molar refractivity (Wildman–Crippen MR) is 50.2 cm³/mol. The highest BCUT2D eigenvalue weighted by molar-refractivity contribution is 5.13. The molecule has 2 aliphatic rings. The van der Waals surface area contributed by atoms with Crippen LogP contribution in [-0.2, 0) is 4.74 Å². The van der Waals surface area contributed by atoms with E-state index in [9.17, 15) is 0 Å². The van der Waals surface area contributed by atoms with E-state index in [1.807, 2.05) is 0 Å². The number of hydrogen-bond acceptors (Lipinski definition) is 4. The van der Waals surface area contributed by atoms with E-state index < -0.39 is 0 Å². The molecule has 2 N–H and O–H groups in total. The molecule has 0 radical (unpaired) electrons. The Hall–Kier alpha value is -1.00. The van der Waals surface area contributed by atoms with Gasteiger partial charge < -0.3 is 10.5 Å². The van der Waals surface area contributed by atoms with E-state index >= 15 is 0 Å². The highest BCUT2D eigenvalue weighted by Gasteiger charge is 2.56. The second-order valence-electron chi connectivity index (χ2n) is 4.10. The number of aromatic nitrogens is 2. The fourth-order valence-electron chi connectivity index (χ4n) is 2.50. The van der Waals surface area contributed by atoms with Gasteiger partial charge in [-0.25, -0.2) is 0 Å². The first-order valence-electron chi connectivity index (χ1n) is 4.97. The Morgan fingerprint density at radius 1 is 1.36 bits per heavy atom. The van der Waals surface area contributed by atoms with Crippen molar-refractivity contribution in [2.45, 2.75) is 6.04 Å². The molecule has 1 aliphatic carbocycles. The van der Waals surface area contributed by atoms with E-state index in [0.29, 0.717) is 17.8 Å². The molecule has 4 nitrogen and oxygen atoms in total. The summed E-state index contributed by atoms with van der Waals surface area (Å²) in [4.78, 5) is 8.27. The first-order chi connectivity index (χ1) is 6.88. The molecular formula is C10H13N3O. The third-order valence-corrected chi connectivity index (χ3v) is 3.36. The van der Waals surface area contributed by atoms with Gasteiger partial charge in [0.15, 0.2) is 0 Å². The Bertz CT molecular complexity index is 319. The molecule has 1 aliphatic heterocycles. The van der Waals surface area contributed by atoms with E-state index in [2.05, 4.69) is 9.97 Å². The highest BCUT2D eigenvalue weighted by atomic mass is 16.5. The van der Waals surface area contributed by atoms with Crippen LogP contribution in [0.1, 0.15) is 11.7 Å². The van der Waals surface area contributed by atoms with Gasteiger partial charge in [-0.15, -0.1) is 0 Å². The van der Waals surface area contributed by atoms with E-state index in [4.69, 9.17) is 10.5 Å². The van der Waals surface area contributed by atoms with Crippen LogP contribution in [0.3, 0.4) is 0 Å². The number of nitrogens with two attached hydrogens (primary N) is 1. The Morgan fingerprint density at radius 3 is 2.79 bits per heavy atom. The fraction of sp³-hybridized carbons (Fsp3) is 0.600. The first-order valence-corrected chi connectivity index (χ1v) is 4.97. The lowest BCUT2D eigenvalue weighted by atomic mass is 10.1. The van der Waals surface area contributed by atoms with Crippen LogP contribution < -0.4 is 5.73 Å². The number of nitrogens with zero attached hydrogens (tertiary/aromatic N) is 2. The molecule has 3 atom stereocenters. The van der Waals surface area contributed by atoms with Gasteiger partial charge >= 0.3 is 0 Å². The summed E-state index contributed by atoms with van der Waals surface area (Å²) in [6, 6.07) is 0.0441. The van der Waals surface area contributed by atoms with E-state index in [1.165, 1.54) is 0 Å². The molecular weight excluding hydrogens is 178 g/mol. The Balaban J connectivity index is 1.75. The zero-order valence-electron chi connectivity index (χ0n) is 7.84. The van der Waals surface area contributed by atoms with Crippen molar-refractivity contribution in [2.75, 3.05) is 13.2 Å². The van der Waals surface area contributed by atoms with Crippen molar-refractivity contribution in [1.82, 2.24) is 9.97 Å². The molecule has 0 spiro atoms. The predicted octanol–water partition coefficient (Wildman–Crippen LogP) is 0.369. The van der Waals surface area contributed by atoms with Gasteiger partial charge in [0.1, 0.15) is 0 Å². The van der Waals surface area contributed by atoms with Gasteiger partial charge in [0.05, 0.1) is 24.9 Å². The molecule has 3 rings (SSSR count). The van der Waals surface area contributed by atoms with Gasteiger partial charge in [-0.2, -0.15) is 0 Å². The molecule has 74 valence electrons. The summed E-state index contributed by atoms with van der Waals surface area (Å²) in [5.41, 5.74) is 7.04. The quantitative estimate of drug-likeness (QED) is 0.733. The van der Waals surface area contributed by atoms with E-state index in [-0.39, 0.29) is 6.04 Å². The normalized spacial score (nSPS) is 36.5. The van der Waals surface area contributed by atoms with Crippen LogP contribution in [-0.4, -0.2) is 23.2 Å². The second kappa shape index (κ2) is 3.00. The average Bonchev–Trinajstić information content (AvgIpc) is 2.72. The van der Waals surface area contributed by atoms with Crippen molar-refractivity contribution < 1.29 is 4.74 Å². The molecule has 4 heteroatoms. The van der Waals surface area contributed by atoms with Crippen LogP contribution in [0.5, 0.6) is 0 Å². The average molecular weight is 191 g/mol. The lowest BCUT2D eigenvalue weighted by Crippen LogP contribution is -2.18. The van der Waals surface area contributed by atoms with Crippen molar-refractivity contribution in [3.8, 4) is 0 Å². The minimum Gasteiger partial charge on any atom is -0.381 e. The SMILES string of the molecule is NC(c1cnccn1)C1C2COCC21. The second-order valence-corrected chi connectivity index (χ2v) is 4.10. The van der Waals surface area contributed by atoms with Crippen LogP contribution in [0.15, 0.2) is 18.6 Å². The molecule has 2 heterocycles. The third-order valence-electron chi connectivity index (χ3n) is 3.36. The lowest BCUT2D eigenvalue weighted by molar-refractivity contribution is 0.146. The first kappa shape index (κ1) is 8.32. The topological polar surface area (TPSA) is 61.0 Å². The summed E-state index contributed by atoms with van der Waals surface area (Å²) in [7, 11) is 0. The molecule has 1 saturated heterocycles. The van der Waals surface area contributed by atoms with Gasteiger partial charge in [-0.1, -0.05) is 0 Å². The van der Waals surface area contributed by atoms with Gasteiger partial charge in [0.25, 0.3) is 0 Å². The maximum Gasteiger partial charge on any atom is 0.0756 e. The molecule has 1 saturated carbocycles. The summed E-state index contributed by atoms with van der Waals surface area (Å²) < 4.78 is 5.33. The number of rotatable bonds is 2. The Kier molecular flexibility index (Phi) is 1.78. The minimum atomic E-state index is 0.0441. The van der Waals surface area contributed by atoms with E-state index in [1.54, 1.807) is 18.6 Å². The molecule has 3 unspecified atom stereocenters. The zero-order chi connectivity index (χ0) is 9.54. The van der Waals surface area contributed by atoms with Crippen molar-refractivity contribution in [1.29, 1.82) is 0 Å². The standard InChI is InChI=1S/C10H13N3O/c11-10(8-3-12-1-2-13-8)9-6-4-14-5-7(6)9/h1-3,6-7,9-10H,4-5,11H2. The molecule has 1 aromatic rings. The van der Waals surface area contributed by atoms with E-state index in [0.717, 1.165) is 18.9 Å². The minimum absolute atomic E-state index is 0.0441. The van der Waals surface area contributed by atoms with Crippen LogP contribution in [0.25, 0.3) is 0 Å². The lowest BCUT2D eigenvalue weighted by Gasteiger charge is -2.12. The summed E-state index contributed by atoms with van der Waals surface area (Å²) in [6.07, 6.45) is 5.14. The number of ether oxygens (including phenoxy) is 1. The molecule has 2 fully saturated rings. The molecule has 0 amide bonds. The van der Waals surface area contributed by atoms with Crippen LogP contribution in [0.2, 0.25) is 0 Å². The molecule has 14 heavy (non-hydrogen) atoms. The fourth-order valence-corrected chi connectivity index (χ4v) is 2.50. The molecule has 0 bridgehead atoms. The van der Waals surface area contributed by atoms with Crippen molar-refractivity contribution in [3.63, 3.8) is 0 Å². The summed E-state index contributed by atoms with van der Waals surface area (Å²) in [5, 5.41) is 0. The summed E-state index contributed by atoms with van der Waals surface area (Å²) in [6.45, 7) is 1.76. The Labute approximate surface area is 82.5 Å². The van der Waals surface area contributed by atoms with Crippen LogP contribution in [0.4, 0.5) is 0 Å². The van der Waals surface area contributed by atoms with Crippen molar-refractivity contribution in [2.24, 2.45) is 23.5 Å². The van der Waals surface area contributed by atoms with Gasteiger partial charge in [0, 0.05) is 18.6 Å². The largest absolute Gasteiger partial charge is 0.381 e. The monoisotopic (exact) mass is 191 g/mol. The van der Waals surface area contributed by atoms with Crippen molar-refractivity contribution >= 4 is 0 Å².